The van der Waals surface area contributed by atoms with E-state index in [0.717, 1.165) is 27.5 Å². The van der Waals surface area contributed by atoms with Crippen LogP contribution in [0.1, 0.15) is 25.8 Å². The average Bonchev–Trinajstić information content (AvgIpc) is 2.32. The van der Waals surface area contributed by atoms with Crippen molar-refractivity contribution in [3.05, 3.63) is 26.6 Å². The van der Waals surface area contributed by atoms with Gasteiger partial charge in [-0.3, -0.25) is 0 Å². The molecule has 0 aliphatic heterocycles. The molecule has 102 valence electrons. The molecule has 1 rings (SSSR count). The second-order valence-electron chi connectivity index (χ2n) is 4.02. The number of halogens is 2. The first-order chi connectivity index (χ1) is 8.58. The van der Waals surface area contributed by atoms with E-state index in [1.807, 2.05) is 19.1 Å². The summed E-state index contributed by atoms with van der Waals surface area (Å²) in [5.41, 5.74) is 7.15. The van der Waals surface area contributed by atoms with E-state index in [0.29, 0.717) is 6.61 Å². The SMILES string of the molecule is CCOCOc1c(Br)cc(CC(N)CC)cc1Br. The van der Waals surface area contributed by atoms with Gasteiger partial charge < -0.3 is 15.2 Å². The fourth-order valence-electron chi connectivity index (χ4n) is 1.50. The summed E-state index contributed by atoms with van der Waals surface area (Å²) >= 11 is 7.02. The highest BCUT2D eigenvalue weighted by Crippen LogP contribution is 2.35. The minimum absolute atomic E-state index is 0.194. The van der Waals surface area contributed by atoms with Crippen molar-refractivity contribution in [3.8, 4) is 5.75 Å². The first-order valence-corrected chi connectivity index (χ1v) is 7.61. The maximum atomic E-state index is 5.96. The summed E-state index contributed by atoms with van der Waals surface area (Å²) in [6, 6.07) is 4.28. The van der Waals surface area contributed by atoms with E-state index in [4.69, 9.17) is 15.2 Å². The van der Waals surface area contributed by atoms with Crippen molar-refractivity contribution in [3.63, 3.8) is 0 Å². The van der Waals surface area contributed by atoms with Crippen LogP contribution >= 0.6 is 31.9 Å². The third-order valence-corrected chi connectivity index (χ3v) is 3.75. The Hall–Kier alpha value is -0.100. The van der Waals surface area contributed by atoms with E-state index in [1.165, 1.54) is 5.56 Å². The van der Waals surface area contributed by atoms with Gasteiger partial charge in [-0.1, -0.05) is 6.92 Å². The molecule has 0 saturated carbocycles. The van der Waals surface area contributed by atoms with E-state index in [9.17, 15) is 0 Å². The largest absolute Gasteiger partial charge is 0.465 e. The first kappa shape index (κ1) is 16.0. The van der Waals surface area contributed by atoms with Gasteiger partial charge in [0.1, 0.15) is 0 Å². The summed E-state index contributed by atoms with van der Waals surface area (Å²) < 4.78 is 12.5. The van der Waals surface area contributed by atoms with Crippen LogP contribution in [0.5, 0.6) is 5.75 Å². The van der Waals surface area contributed by atoms with Gasteiger partial charge in [-0.2, -0.15) is 0 Å². The molecule has 5 heteroatoms. The van der Waals surface area contributed by atoms with Gasteiger partial charge in [-0.15, -0.1) is 0 Å². The Morgan fingerprint density at radius 2 is 1.83 bits per heavy atom. The van der Waals surface area contributed by atoms with Crippen LogP contribution in [0.3, 0.4) is 0 Å². The van der Waals surface area contributed by atoms with Gasteiger partial charge in [0.25, 0.3) is 0 Å². The van der Waals surface area contributed by atoms with Gasteiger partial charge in [0.05, 0.1) is 8.95 Å². The van der Waals surface area contributed by atoms with Crippen LogP contribution in [-0.4, -0.2) is 19.4 Å². The van der Waals surface area contributed by atoms with E-state index >= 15 is 0 Å². The first-order valence-electron chi connectivity index (χ1n) is 6.02. The Morgan fingerprint density at radius 3 is 2.33 bits per heavy atom. The molecule has 0 heterocycles. The van der Waals surface area contributed by atoms with Crippen molar-refractivity contribution < 1.29 is 9.47 Å². The van der Waals surface area contributed by atoms with Gasteiger partial charge in [0.15, 0.2) is 12.5 Å². The van der Waals surface area contributed by atoms with Crippen LogP contribution in [0.15, 0.2) is 21.1 Å². The van der Waals surface area contributed by atoms with E-state index in [1.54, 1.807) is 0 Å². The van der Waals surface area contributed by atoms with E-state index < -0.39 is 0 Å². The molecule has 0 saturated heterocycles. The summed E-state index contributed by atoms with van der Waals surface area (Å²) in [4.78, 5) is 0. The third-order valence-electron chi connectivity index (χ3n) is 2.57. The van der Waals surface area contributed by atoms with Gasteiger partial charge >= 0.3 is 0 Å². The predicted molar refractivity (Wildman–Crippen MR) is 80.9 cm³/mol. The highest BCUT2D eigenvalue weighted by molar-refractivity contribution is 9.11. The molecule has 1 aromatic rings. The van der Waals surface area contributed by atoms with Gasteiger partial charge in [-0.05, 0) is 69.3 Å². The molecular formula is C13H19Br2NO2. The lowest BCUT2D eigenvalue weighted by molar-refractivity contribution is 0.0215. The molecule has 2 N–H and O–H groups in total. The minimum atomic E-state index is 0.194. The highest BCUT2D eigenvalue weighted by Gasteiger charge is 2.10. The molecule has 3 nitrogen and oxygen atoms in total. The zero-order chi connectivity index (χ0) is 13.5. The number of hydrogen-bond donors (Lipinski definition) is 1. The zero-order valence-corrected chi connectivity index (χ0v) is 13.9. The smallest absolute Gasteiger partial charge is 0.189 e. The summed E-state index contributed by atoms with van der Waals surface area (Å²) in [6.07, 6.45) is 1.83. The Kier molecular flexibility index (Phi) is 7.22. The Morgan fingerprint density at radius 1 is 1.22 bits per heavy atom. The molecule has 0 bridgehead atoms. The molecule has 0 aliphatic carbocycles. The van der Waals surface area contributed by atoms with E-state index in [-0.39, 0.29) is 12.8 Å². The predicted octanol–water partition coefficient (Wildman–Crippen LogP) is 3.86. The van der Waals surface area contributed by atoms with Crippen LogP contribution in [0.4, 0.5) is 0 Å². The molecule has 1 unspecified atom stereocenters. The van der Waals surface area contributed by atoms with Crippen LogP contribution in [-0.2, 0) is 11.2 Å². The number of rotatable bonds is 7. The fraction of sp³-hybridized carbons (Fsp3) is 0.538. The molecule has 1 atom stereocenters. The summed E-state index contributed by atoms with van der Waals surface area (Å²) in [5, 5.41) is 0. The number of ether oxygens (including phenoxy) is 2. The lowest BCUT2D eigenvalue weighted by atomic mass is 10.0. The quantitative estimate of drug-likeness (QED) is 0.576. The fourth-order valence-corrected chi connectivity index (χ4v) is 3.01. The number of nitrogens with two attached hydrogens (primary N) is 1. The topological polar surface area (TPSA) is 44.5 Å². The van der Waals surface area contributed by atoms with Crippen LogP contribution in [0.2, 0.25) is 0 Å². The van der Waals surface area contributed by atoms with Crippen molar-refractivity contribution in [2.24, 2.45) is 5.73 Å². The van der Waals surface area contributed by atoms with Crippen LogP contribution in [0, 0.1) is 0 Å². The van der Waals surface area contributed by atoms with Gasteiger partial charge in [0.2, 0.25) is 0 Å². The lowest BCUT2D eigenvalue weighted by Gasteiger charge is -2.14. The minimum Gasteiger partial charge on any atom is -0.465 e. The van der Waals surface area contributed by atoms with Crippen molar-refractivity contribution in [2.75, 3.05) is 13.4 Å². The molecule has 0 aliphatic rings. The standard InChI is InChI=1S/C13H19Br2NO2/c1-3-10(16)5-9-6-11(14)13(12(15)7-9)18-8-17-4-2/h6-7,10H,3-5,8,16H2,1-2H3. The number of benzene rings is 1. The van der Waals surface area contributed by atoms with Crippen molar-refractivity contribution in [1.29, 1.82) is 0 Å². The average molecular weight is 381 g/mol. The molecule has 1 aromatic carbocycles. The molecule has 0 fully saturated rings. The molecule has 0 spiro atoms. The Bertz CT molecular complexity index is 362. The molecule has 18 heavy (non-hydrogen) atoms. The normalized spacial score (nSPS) is 12.5. The second-order valence-corrected chi connectivity index (χ2v) is 5.72. The monoisotopic (exact) mass is 379 g/mol. The summed E-state index contributed by atoms with van der Waals surface area (Å²) in [5.74, 6) is 0.761. The summed E-state index contributed by atoms with van der Waals surface area (Å²) in [7, 11) is 0. The Balaban J connectivity index is 2.77. The third kappa shape index (κ3) is 4.88. The van der Waals surface area contributed by atoms with Crippen molar-refractivity contribution >= 4 is 31.9 Å². The van der Waals surface area contributed by atoms with Gasteiger partial charge in [-0.25, -0.2) is 0 Å². The molecular weight excluding hydrogens is 362 g/mol. The van der Waals surface area contributed by atoms with Crippen LogP contribution in [0.25, 0.3) is 0 Å². The molecule has 0 aromatic heterocycles. The zero-order valence-electron chi connectivity index (χ0n) is 10.7. The Labute approximate surface area is 125 Å². The number of hydrogen-bond acceptors (Lipinski definition) is 3. The van der Waals surface area contributed by atoms with Crippen molar-refractivity contribution in [1.82, 2.24) is 0 Å². The maximum absolute atomic E-state index is 5.96. The maximum Gasteiger partial charge on any atom is 0.189 e. The second kappa shape index (κ2) is 8.15. The van der Waals surface area contributed by atoms with Gasteiger partial charge in [0, 0.05) is 12.6 Å². The molecule has 0 radical (unpaired) electrons. The van der Waals surface area contributed by atoms with Crippen LogP contribution < -0.4 is 10.5 Å². The lowest BCUT2D eigenvalue weighted by Crippen LogP contribution is -2.21. The van der Waals surface area contributed by atoms with E-state index in [2.05, 4.69) is 38.8 Å². The van der Waals surface area contributed by atoms with Crippen molar-refractivity contribution in [2.45, 2.75) is 32.7 Å². The molecule has 0 amide bonds. The highest BCUT2D eigenvalue weighted by atomic mass is 79.9. The summed E-state index contributed by atoms with van der Waals surface area (Å²) in [6.45, 7) is 4.91.